The zero-order valence-electron chi connectivity index (χ0n) is 14.8. The minimum atomic E-state index is 0.743. The molecule has 0 spiro atoms. The summed E-state index contributed by atoms with van der Waals surface area (Å²) in [5.74, 6) is 0.915. The molecule has 2 aromatic carbocycles. The van der Waals surface area contributed by atoms with Crippen molar-refractivity contribution in [2.45, 2.75) is 25.7 Å². The fourth-order valence-corrected chi connectivity index (χ4v) is 4.48. The summed E-state index contributed by atoms with van der Waals surface area (Å²) in [6.07, 6.45) is 4.85. The second-order valence-electron chi connectivity index (χ2n) is 6.79. The van der Waals surface area contributed by atoms with Gasteiger partial charge in [-0.05, 0) is 55.8 Å². The average Bonchev–Trinajstić information content (AvgIpc) is 3.06. The lowest BCUT2D eigenvalue weighted by Gasteiger charge is -2.26. The number of likely N-dealkylation sites (tertiary alicyclic amines) is 1. The van der Waals surface area contributed by atoms with Crippen LogP contribution in [0.5, 0.6) is 5.75 Å². The van der Waals surface area contributed by atoms with E-state index in [1.54, 1.807) is 11.3 Å². The second-order valence-corrected chi connectivity index (χ2v) is 8.34. The van der Waals surface area contributed by atoms with Crippen LogP contribution in [0.1, 0.15) is 29.8 Å². The third-order valence-corrected chi connectivity index (χ3v) is 6.09. The van der Waals surface area contributed by atoms with Gasteiger partial charge in [-0.2, -0.15) is 0 Å². The molecule has 26 heavy (non-hydrogen) atoms. The molecule has 0 radical (unpaired) electrons. The van der Waals surface area contributed by atoms with Crippen molar-refractivity contribution in [2.24, 2.45) is 0 Å². The van der Waals surface area contributed by atoms with Crippen LogP contribution in [0.2, 0.25) is 5.02 Å². The van der Waals surface area contributed by atoms with Crippen LogP contribution >= 0.6 is 22.9 Å². The van der Waals surface area contributed by atoms with E-state index < -0.39 is 0 Å². The van der Waals surface area contributed by atoms with E-state index in [1.807, 2.05) is 12.1 Å². The predicted octanol–water partition coefficient (Wildman–Crippen LogP) is 5.41. The lowest BCUT2D eigenvalue weighted by Crippen LogP contribution is -2.33. The maximum absolute atomic E-state index is 5.97. The first-order chi connectivity index (χ1) is 12.8. The van der Waals surface area contributed by atoms with E-state index in [0.717, 1.165) is 40.9 Å². The van der Waals surface area contributed by atoms with Crippen LogP contribution < -0.4 is 4.74 Å². The van der Waals surface area contributed by atoms with Gasteiger partial charge in [-0.25, -0.2) is 4.98 Å². The SMILES string of the molecule is Clc1ccc(Cc2nc3cc(OCCN4CCCCC4)ccc3s2)cc1. The number of thiazole rings is 1. The first-order valence-corrected chi connectivity index (χ1v) is 10.4. The highest BCUT2D eigenvalue weighted by atomic mass is 35.5. The Balaban J connectivity index is 1.38. The monoisotopic (exact) mass is 386 g/mol. The molecule has 0 N–H and O–H groups in total. The van der Waals surface area contributed by atoms with Crippen molar-refractivity contribution in [2.75, 3.05) is 26.2 Å². The molecule has 4 rings (SSSR count). The first-order valence-electron chi connectivity index (χ1n) is 9.25. The van der Waals surface area contributed by atoms with Gasteiger partial charge >= 0.3 is 0 Å². The van der Waals surface area contributed by atoms with Crippen molar-refractivity contribution in [3.8, 4) is 5.75 Å². The third-order valence-electron chi connectivity index (χ3n) is 4.80. The van der Waals surface area contributed by atoms with Crippen LogP contribution in [0.4, 0.5) is 0 Å². The van der Waals surface area contributed by atoms with Crippen molar-refractivity contribution in [3.05, 3.63) is 58.1 Å². The van der Waals surface area contributed by atoms with E-state index in [9.17, 15) is 0 Å². The number of nitrogens with zero attached hydrogens (tertiary/aromatic N) is 2. The minimum absolute atomic E-state index is 0.743. The molecule has 0 atom stereocenters. The number of fused-ring (bicyclic) bond motifs is 1. The average molecular weight is 387 g/mol. The van der Waals surface area contributed by atoms with E-state index in [1.165, 1.54) is 42.6 Å². The normalized spacial score (nSPS) is 15.4. The molecule has 1 fully saturated rings. The molecule has 3 nitrogen and oxygen atoms in total. The van der Waals surface area contributed by atoms with E-state index in [-0.39, 0.29) is 0 Å². The molecular weight excluding hydrogens is 364 g/mol. The Bertz CT molecular complexity index is 856. The molecule has 136 valence electrons. The van der Waals surface area contributed by atoms with Crippen LogP contribution in [0.3, 0.4) is 0 Å². The number of piperidine rings is 1. The second kappa shape index (κ2) is 8.38. The maximum atomic E-state index is 5.97. The summed E-state index contributed by atoms with van der Waals surface area (Å²) in [7, 11) is 0. The quantitative estimate of drug-likeness (QED) is 0.566. The number of hydrogen-bond donors (Lipinski definition) is 0. The van der Waals surface area contributed by atoms with Crippen molar-refractivity contribution < 1.29 is 4.74 Å². The highest BCUT2D eigenvalue weighted by Crippen LogP contribution is 2.27. The fourth-order valence-electron chi connectivity index (χ4n) is 3.37. The molecule has 2 heterocycles. The van der Waals surface area contributed by atoms with Crippen molar-refractivity contribution in [1.29, 1.82) is 0 Å². The Kier molecular flexibility index (Phi) is 5.73. The van der Waals surface area contributed by atoms with Gasteiger partial charge in [0.05, 0.1) is 15.2 Å². The maximum Gasteiger partial charge on any atom is 0.121 e. The number of rotatable bonds is 6. The van der Waals surface area contributed by atoms with Gasteiger partial charge in [0, 0.05) is 24.1 Å². The number of hydrogen-bond acceptors (Lipinski definition) is 4. The smallest absolute Gasteiger partial charge is 0.121 e. The van der Waals surface area contributed by atoms with Crippen LogP contribution in [0, 0.1) is 0 Å². The van der Waals surface area contributed by atoms with Gasteiger partial charge in [-0.1, -0.05) is 30.2 Å². The molecule has 1 aromatic heterocycles. The van der Waals surface area contributed by atoms with Crippen molar-refractivity contribution in [3.63, 3.8) is 0 Å². The van der Waals surface area contributed by atoms with E-state index in [0.29, 0.717) is 0 Å². The molecule has 5 heteroatoms. The summed E-state index contributed by atoms with van der Waals surface area (Å²) in [4.78, 5) is 7.28. The molecule has 3 aromatic rings. The highest BCUT2D eigenvalue weighted by Gasteiger charge is 2.10. The summed E-state index contributed by atoms with van der Waals surface area (Å²) in [6, 6.07) is 14.2. The van der Waals surface area contributed by atoms with Gasteiger partial charge in [0.25, 0.3) is 0 Å². The van der Waals surface area contributed by atoms with Gasteiger partial charge in [0.2, 0.25) is 0 Å². The molecule has 0 unspecified atom stereocenters. The zero-order chi connectivity index (χ0) is 17.8. The number of halogens is 1. The van der Waals surface area contributed by atoms with Gasteiger partial charge in [0.1, 0.15) is 12.4 Å². The molecule has 1 saturated heterocycles. The van der Waals surface area contributed by atoms with Gasteiger partial charge in [0.15, 0.2) is 0 Å². The summed E-state index contributed by atoms with van der Waals surface area (Å²) in [5.41, 5.74) is 2.25. The summed E-state index contributed by atoms with van der Waals surface area (Å²) < 4.78 is 7.17. The first kappa shape index (κ1) is 17.8. The lowest BCUT2D eigenvalue weighted by molar-refractivity contribution is 0.183. The molecule has 0 saturated carbocycles. The summed E-state index contributed by atoms with van der Waals surface area (Å²) in [5, 5.41) is 1.89. The Morgan fingerprint density at radius 2 is 1.85 bits per heavy atom. The Morgan fingerprint density at radius 1 is 1.04 bits per heavy atom. The Labute approximate surface area is 163 Å². The van der Waals surface area contributed by atoms with Gasteiger partial charge < -0.3 is 4.74 Å². The minimum Gasteiger partial charge on any atom is -0.492 e. The molecule has 1 aliphatic heterocycles. The molecule has 1 aliphatic rings. The zero-order valence-corrected chi connectivity index (χ0v) is 16.4. The summed E-state index contributed by atoms with van der Waals surface area (Å²) in [6.45, 7) is 4.18. The fraction of sp³-hybridized carbons (Fsp3) is 0.381. The highest BCUT2D eigenvalue weighted by molar-refractivity contribution is 7.18. The standard InChI is InChI=1S/C21H23ClN2OS/c22-17-6-4-16(5-7-17)14-21-23-19-15-18(8-9-20(19)26-21)25-13-12-24-10-2-1-3-11-24/h4-9,15H,1-3,10-14H2. The number of benzene rings is 2. The van der Waals surface area contributed by atoms with Crippen molar-refractivity contribution in [1.82, 2.24) is 9.88 Å². The van der Waals surface area contributed by atoms with Crippen LogP contribution in [0.15, 0.2) is 42.5 Å². The van der Waals surface area contributed by atoms with Crippen LogP contribution in [-0.2, 0) is 6.42 Å². The van der Waals surface area contributed by atoms with Crippen LogP contribution in [-0.4, -0.2) is 36.1 Å². The van der Waals surface area contributed by atoms with Crippen LogP contribution in [0.25, 0.3) is 10.2 Å². The van der Waals surface area contributed by atoms with Crippen molar-refractivity contribution >= 4 is 33.2 Å². The number of ether oxygens (including phenoxy) is 1. The molecular formula is C21H23ClN2OS. The molecule has 0 amide bonds. The molecule has 0 bridgehead atoms. The van der Waals surface area contributed by atoms with Gasteiger partial charge in [-0.15, -0.1) is 11.3 Å². The largest absolute Gasteiger partial charge is 0.492 e. The summed E-state index contributed by atoms with van der Waals surface area (Å²) >= 11 is 7.70. The Hall–Kier alpha value is -1.62. The molecule has 0 aliphatic carbocycles. The Morgan fingerprint density at radius 3 is 2.65 bits per heavy atom. The van der Waals surface area contributed by atoms with Gasteiger partial charge in [-0.3, -0.25) is 4.90 Å². The number of aromatic nitrogens is 1. The van der Waals surface area contributed by atoms with E-state index in [2.05, 4.69) is 35.2 Å². The predicted molar refractivity (Wildman–Crippen MR) is 110 cm³/mol. The van der Waals surface area contributed by atoms with E-state index >= 15 is 0 Å². The lowest BCUT2D eigenvalue weighted by atomic mass is 10.1. The third kappa shape index (κ3) is 4.56. The topological polar surface area (TPSA) is 25.4 Å². The van der Waals surface area contributed by atoms with E-state index in [4.69, 9.17) is 21.3 Å².